The molecule has 0 aromatic carbocycles. The molecule has 0 aliphatic rings. The van der Waals surface area contributed by atoms with E-state index >= 15 is 0 Å². The number of carbonyl (C=O) groups excluding carboxylic acids is 1. The SMILES string of the molecule is CCCN(Cc1cccnc1)C(=O)CCN. The zero-order valence-electron chi connectivity index (χ0n) is 9.72. The summed E-state index contributed by atoms with van der Waals surface area (Å²) < 4.78 is 0. The highest BCUT2D eigenvalue weighted by Gasteiger charge is 2.11. The Kier molecular flexibility index (Phi) is 5.50. The van der Waals surface area contributed by atoms with E-state index in [-0.39, 0.29) is 5.91 Å². The van der Waals surface area contributed by atoms with E-state index in [0.717, 1.165) is 18.5 Å². The molecule has 4 nitrogen and oxygen atoms in total. The normalized spacial score (nSPS) is 10.1. The van der Waals surface area contributed by atoms with E-state index in [9.17, 15) is 4.79 Å². The molecule has 0 unspecified atom stereocenters. The van der Waals surface area contributed by atoms with E-state index in [1.165, 1.54) is 0 Å². The third kappa shape index (κ3) is 3.98. The average Bonchev–Trinajstić information content (AvgIpc) is 2.30. The van der Waals surface area contributed by atoms with Crippen LogP contribution in [0.2, 0.25) is 0 Å². The molecule has 1 aromatic heterocycles. The van der Waals surface area contributed by atoms with Crippen LogP contribution in [0, 0.1) is 0 Å². The van der Waals surface area contributed by atoms with E-state index in [1.54, 1.807) is 12.4 Å². The lowest BCUT2D eigenvalue weighted by atomic mass is 10.2. The largest absolute Gasteiger partial charge is 0.338 e. The van der Waals surface area contributed by atoms with Crippen LogP contribution in [-0.2, 0) is 11.3 Å². The van der Waals surface area contributed by atoms with Gasteiger partial charge in [-0.1, -0.05) is 13.0 Å². The van der Waals surface area contributed by atoms with Crippen molar-refractivity contribution in [1.82, 2.24) is 9.88 Å². The van der Waals surface area contributed by atoms with Crippen LogP contribution >= 0.6 is 0 Å². The summed E-state index contributed by atoms with van der Waals surface area (Å²) in [4.78, 5) is 17.6. The molecular weight excluding hydrogens is 202 g/mol. The molecule has 0 aliphatic carbocycles. The van der Waals surface area contributed by atoms with E-state index in [1.807, 2.05) is 17.0 Å². The molecule has 0 spiro atoms. The summed E-state index contributed by atoms with van der Waals surface area (Å²) in [5.74, 6) is 0.119. The minimum atomic E-state index is 0.119. The molecule has 4 heteroatoms. The molecule has 0 aliphatic heterocycles. The Hall–Kier alpha value is -1.42. The predicted molar refractivity (Wildman–Crippen MR) is 63.6 cm³/mol. The Bertz CT molecular complexity index is 313. The molecule has 0 fully saturated rings. The maximum absolute atomic E-state index is 11.8. The smallest absolute Gasteiger partial charge is 0.224 e. The van der Waals surface area contributed by atoms with Gasteiger partial charge in [-0.25, -0.2) is 0 Å². The van der Waals surface area contributed by atoms with Crippen LogP contribution in [0.4, 0.5) is 0 Å². The Morgan fingerprint density at radius 3 is 2.94 bits per heavy atom. The third-order valence-corrected chi connectivity index (χ3v) is 2.30. The molecule has 0 bridgehead atoms. The minimum Gasteiger partial charge on any atom is -0.338 e. The van der Waals surface area contributed by atoms with Gasteiger partial charge in [0.1, 0.15) is 0 Å². The lowest BCUT2D eigenvalue weighted by molar-refractivity contribution is -0.131. The molecule has 0 atom stereocenters. The highest BCUT2D eigenvalue weighted by atomic mass is 16.2. The van der Waals surface area contributed by atoms with E-state index in [4.69, 9.17) is 5.73 Å². The highest BCUT2D eigenvalue weighted by Crippen LogP contribution is 2.05. The van der Waals surface area contributed by atoms with Gasteiger partial charge in [-0.05, 0) is 18.1 Å². The van der Waals surface area contributed by atoms with Gasteiger partial charge in [0, 0.05) is 38.4 Å². The van der Waals surface area contributed by atoms with Crippen LogP contribution in [0.15, 0.2) is 24.5 Å². The predicted octanol–water partition coefficient (Wildman–Crippen LogP) is 1.17. The lowest BCUT2D eigenvalue weighted by Crippen LogP contribution is -2.32. The zero-order valence-corrected chi connectivity index (χ0v) is 9.72. The first-order valence-electron chi connectivity index (χ1n) is 5.64. The van der Waals surface area contributed by atoms with Crippen molar-refractivity contribution in [2.24, 2.45) is 5.73 Å². The van der Waals surface area contributed by atoms with Crippen LogP contribution in [0.25, 0.3) is 0 Å². The first kappa shape index (κ1) is 12.6. The van der Waals surface area contributed by atoms with Gasteiger partial charge >= 0.3 is 0 Å². The van der Waals surface area contributed by atoms with Crippen LogP contribution in [-0.4, -0.2) is 28.9 Å². The van der Waals surface area contributed by atoms with Crippen molar-refractivity contribution >= 4 is 5.91 Å². The van der Waals surface area contributed by atoms with Gasteiger partial charge < -0.3 is 10.6 Å². The first-order chi connectivity index (χ1) is 7.77. The number of hydrogen-bond acceptors (Lipinski definition) is 3. The Morgan fingerprint density at radius 1 is 1.56 bits per heavy atom. The van der Waals surface area contributed by atoms with Crippen LogP contribution in [0.3, 0.4) is 0 Å². The fraction of sp³-hybridized carbons (Fsp3) is 0.500. The number of aromatic nitrogens is 1. The van der Waals surface area contributed by atoms with E-state index in [0.29, 0.717) is 19.5 Å². The van der Waals surface area contributed by atoms with Gasteiger partial charge in [-0.3, -0.25) is 9.78 Å². The van der Waals surface area contributed by atoms with Crippen molar-refractivity contribution < 1.29 is 4.79 Å². The number of amides is 1. The molecule has 1 amide bonds. The second kappa shape index (κ2) is 6.95. The topological polar surface area (TPSA) is 59.2 Å². The molecule has 0 saturated carbocycles. The van der Waals surface area contributed by atoms with Crippen LogP contribution < -0.4 is 5.73 Å². The Morgan fingerprint density at radius 2 is 2.38 bits per heavy atom. The molecule has 88 valence electrons. The number of rotatable bonds is 6. The van der Waals surface area contributed by atoms with Crippen molar-refractivity contribution in [1.29, 1.82) is 0 Å². The van der Waals surface area contributed by atoms with E-state index < -0.39 is 0 Å². The molecule has 16 heavy (non-hydrogen) atoms. The monoisotopic (exact) mass is 221 g/mol. The standard InChI is InChI=1S/C12H19N3O/c1-2-8-15(12(16)5-6-13)10-11-4-3-7-14-9-11/h3-4,7,9H,2,5-6,8,10,13H2,1H3. The van der Waals surface area contributed by atoms with Gasteiger partial charge in [-0.2, -0.15) is 0 Å². The molecule has 0 radical (unpaired) electrons. The summed E-state index contributed by atoms with van der Waals surface area (Å²) >= 11 is 0. The van der Waals surface area contributed by atoms with Crippen LogP contribution in [0.5, 0.6) is 0 Å². The summed E-state index contributed by atoms with van der Waals surface area (Å²) in [6.07, 6.45) is 4.89. The highest BCUT2D eigenvalue weighted by molar-refractivity contribution is 5.76. The molecule has 1 aromatic rings. The number of nitrogens with zero attached hydrogens (tertiary/aromatic N) is 2. The fourth-order valence-electron chi connectivity index (χ4n) is 1.56. The molecule has 2 N–H and O–H groups in total. The van der Waals surface area contributed by atoms with Gasteiger partial charge in [0.05, 0.1) is 0 Å². The van der Waals surface area contributed by atoms with Crippen molar-refractivity contribution in [3.05, 3.63) is 30.1 Å². The summed E-state index contributed by atoms with van der Waals surface area (Å²) in [5, 5.41) is 0. The Labute approximate surface area is 96.5 Å². The van der Waals surface area contributed by atoms with Gasteiger partial charge in [0.25, 0.3) is 0 Å². The molecule has 1 rings (SSSR count). The summed E-state index contributed by atoms with van der Waals surface area (Å²) in [7, 11) is 0. The van der Waals surface area contributed by atoms with Gasteiger partial charge in [0.2, 0.25) is 5.91 Å². The third-order valence-electron chi connectivity index (χ3n) is 2.30. The molecule has 0 saturated heterocycles. The average molecular weight is 221 g/mol. The van der Waals surface area contributed by atoms with E-state index in [2.05, 4.69) is 11.9 Å². The summed E-state index contributed by atoms with van der Waals surface area (Å²) in [5.41, 5.74) is 6.45. The second-order valence-corrected chi connectivity index (χ2v) is 3.72. The minimum absolute atomic E-state index is 0.119. The number of pyridine rings is 1. The quantitative estimate of drug-likeness (QED) is 0.784. The molecule has 1 heterocycles. The number of carbonyl (C=O) groups is 1. The number of hydrogen-bond donors (Lipinski definition) is 1. The van der Waals surface area contributed by atoms with Crippen molar-refractivity contribution in [3.8, 4) is 0 Å². The van der Waals surface area contributed by atoms with Gasteiger partial charge in [-0.15, -0.1) is 0 Å². The number of nitrogens with two attached hydrogens (primary N) is 1. The summed E-state index contributed by atoms with van der Waals surface area (Å²) in [6, 6.07) is 3.86. The molecular formula is C12H19N3O. The first-order valence-corrected chi connectivity index (χ1v) is 5.64. The fourth-order valence-corrected chi connectivity index (χ4v) is 1.56. The lowest BCUT2D eigenvalue weighted by Gasteiger charge is -2.21. The maximum atomic E-state index is 11.8. The Balaban J connectivity index is 2.60. The van der Waals surface area contributed by atoms with Crippen molar-refractivity contribution in [2.75, 3.05) is 13.1 Å². The maximum Gasteiger partial charge on any atom is 0.224 e. The van der Waals surface area contributed by atoms with Gasteiger partial charge in [0.15, 0.2) is 0 Å². The second-order valence-electron chi connectivity index (χ2n) is 3.72. The van der Waals surface area contributed by atoms with Crippen LogP contribution in [0.1, 0.15) is 25.3 Å². The van der Waals surface area contributed by atoms with Crippen molar-refractivity contribution in [2.45, 2.75) is 26.3 Å². The zero-order chi connectivity index (χ0) is 11.8. The summed E-state index contributed by atoms with van der Waals surface area (Å²) in [6.45, 7) is 3.87. The van der Waals surface area contributed by atoms with Crippen molar-refractivity contribution in [3.63, 3.8) is 0 Å².